The van der Waals surface area contributed by atoms with Gasteiger partial charge in [0.15, 0.2) is 0 Å². The number of aliphatic hydroxyl groups excluding tert-OH is 3. The second-order valence-corrected chi connectivity index (χ2v) is 4.41. The van der Waals surface area contributed by atoms with Gasteiger partial charge in [0.05, 0.1) is 12.7 Å². The van der Waals surface area contributed by atoms with E-state index in [0.717, 1.165) is 4.57 Å². The van der Waals surface area contributed by atoms with Crippen LogP contribution < -0.4 is 11.2 Å². The third-order valence-corrected chi connectivity index (χ3v) is 3.12. The maximum absolute atomic E-state index is 11.7. The molecule has 1 aliphatic heterocycles. The van der Waals surface area contributed by atoms with Crippen LogP contribution in [0.5, 0.6) is 0 Å². The fourth-order valence-electron chi connectivity index (χ4n) is 2.09. The highest BCUT2D eigenvalue weighted by molar-refractivity contribution is 5.05. The van der Waals surface area contributed by atoms with E-state index in [1.165, 1.54) is 6.20 Å². The molecule has 0 bridgehead atoms. The quantitative estimate of drug-likeness (QED) is 0.489. The molecular weight excluding hydrogens is 256 g/mol. The number of rotatable bonds is 4. The zero-order chi connectivity index (χ0) is 14.0. The van der Waals surface area contributed by atoms with E-state index < -0.39 is 29.7 Å². The second-order valence-electron chi connectivity index (χ2n) is 4.41. The van der Waals surface area contributed by atoms with Gasteiger partial charge in [-0.2, -0.15) is 0 Å². The molecule has 0 spiro atoms. The summed E-state index contributed by atoms with van der Waals surface area (Å²) in [5, 5.41) is 27.5. The number of aromatic amines is 1. The first-order valence-electron chi connectivity index (χ1n) is 5.96. The zero-order valence-electron chi connectivity index (χ0n) is 10.2. The molecule has 2 heterocycles. The molecule has 8 nitrogen and oxygen atoms in total. The van der Waals surface area contributed by atoms with Crippen LogP contribution >= 0.6 is 0 Å². The Morgan fingerprint density at radius 3 is 2.74 bits per heavy atom. The van der Waals surface area contributed by atoms with Gasteiger partial charge < -0.3 is 20.1 Å². The highest BCUT2D eigenvalue weighted by Crippen LogP contribution is 2.27. The smallest absolute Gasteiger partial charge is 0.330 e. The van der Waals surface area contributed by atoms with Gasteiger partial charge in [-0.1, -0.05) is 0 Å². The number of hydrogen-bond donors (Lipinski definition) is 4. The molecule has 1 fully saturated rings. The summed E-state index contributed by atoms with van der Waals surface area (Å²) in [6, 6.07) is 0. The molecule has 3 atom stereocenters. The average molecular weight is 272 g/mol. The molecule has 0 aromatic carbocycles. The lowest BCUT2D eigenvalue weighted by atomic mass is 10.2. The number of nitrogens with zero attached hydrogens (tertiary/aromatic N) is 1. The molecule has 0 amide bonds. The fourth-order valence-corrected chi connectivity index (χ4v) is 2.09. The van der Waals surface area contributed by atoms with Crippen molar-refractivity contribution in [3.8, 4) is 0 Å². The lowest BCUT2D eigenvalue weighted by molar-refractivity contribution is -0.0460. The average Bonchev–Trinajstić information content (AvgIpc) is 2.74. The number of nitrogens with one attached hydrogen (secondary N) is 1. The molecule has 0 saturated carbocycles. The predicted octanol–water partition coefficient (Wildman–Crippen LogP) is -2.29. The number of hydrogen-bond acceptors (Lipinski definition) is 6. The van der Waals surface area contributed by atoms with Crippen molar-refractivity contribution in [2.45, 2.75) is 31.3 Å². The van der Waals surface area contributed by atoms with Crippen molar-refractivity contribution in [1.29, 1.82) is 0 Å². The van der Waals surface area contributed by atoms with Crippen molar-refractivity contribution in [3.05, 3.63) is 32.6 Å². The summed E-state index contributed by atoms with van der Waals surface area (Å²) in [6.45, 7) is -0.562. The molecule has 1 aliphatic rings. The Balaban J connectivity index is 2.33. The van der Waals surface area contributed by atoms with Crippen molar-refractivity contribution in [2.75, 3.05) is 13.2 Å². The highest BCUT2D eigenvalue weighted by atomic mass is 16.5. The van der Waals surface area contributed by atoms with Crippen LogP contribution in [0.2, 0.25) is 0 Å². The van der Waals surface area contributed by atoms with Crippen LogP contribution in [0, 0.1) is 0 Å². The molecule has 1 unspecified atom stereocenters. The normalized spacial score (nSPS) is 26.8. The first-order chi connectivity index (χ1) is 9.06. The summed E-state index contributed by atoms with van der Waals surface area (Å²) in [6.07, 6.45) is -0.771. The Morgan fingerprint density at radius 1 is 1.42 bits per heavy atom. The molecule has 19 heavy (non-hydrogen) atoms. The van der Waals surface area contributed by atoms with Gasteiger partial charge in [0.25, 0.3) is 5.56 Å². The standard InChI is InChI=1S/C11H16N2O6/c14-2-1-6-4-13(11(18)12-10(6)17)9-3-7(16)8(5-15)19-9/h4,7-9,14-16H,1-3,5H2,(H,12,17,18)/t7?,8-,9-/m0/s1. The number of H-pyrrole nitrogens is 1. The van der Waals surface area contributed by atoms with Crippen molar-refractivity contribution in [3.63, 3.8) is 0 Å². The largest absolute Gasteiger partial charge is 0.396 e. The predicted molar refractivity (Wildman–Crippen MR) is 63.7 cm³/mol. The van der Waals surface area contributed by atoms with Gasteiger partial charge >= 0.3 is 5.69 Å². The molecule has 0 aliphatic carbocycles. The Labute approximate surface area is 107 Å². The molecule has 1 saturated heterocycles. The SMILES string of the molecule is O=c1[nH]c(=O)n([C@@H]2CC(O)[C@H](CO)O2)cc1CCO. The third kappa shape index (κ3) is 2.76. The highest BCUT2D eigenvalue weighted by Gasteiger charge is 2.35. The number of aliphatic hydroxyl groups is 3. The minimum Gasteiger partial charge on any atom is -0.396 e. The Bertz CT molecular complexity index is 551. The van der Waals surface area contributed by atoms with E-state index in [2.05, 4.69) is 4.98 Å². The molecule has 0 radical (unpaired) electrons. The monoisotopic (exact) mass is 272 g/mol. The molecule has 1 aromatic heterocycles. The second kappa shape index (κ2) is 5.66. The fraction of sp³-hybridized carbons (Fsp3) is 0.636. The maximum Gasteiger partial charge on any atom is 0.330 e. The van der Waals surface area contributed by atoms with Crippen LogP contribution in [0.15, 0.2) is 15.8 Å². The summed E-state index contributed by atoms with van der Waals surface area (Å²) in [4.78, 5) is 25.3. The van der Waals surface area contributed by atoms with Crippen LogP contribution in [0.3, 0.4) is 0 Å². The molecule has 4 N–H and O–H groups in total. The lowest BCUT2D eigenvalue weighted by Gasteiger charge is -2.15. The number of ether oxygens (including phenoxy) is 1. The van der Waals surface area contributed by atoms with E-state index in [-0.39, 0.29) is 31.6 Å². The minimum absolute atomic E-state index is 0.119. The Morgan fingerprint density at radius 2 is 2.16 bits per heavy atom. The summed E-state index contributed by atoms with van der Waals surface area (Å²) < 4.78 is 6.50. The van der Waals surface area contributed by atoms with E-state index in [9.17, 15) is 14.7 Å². The summed E-state index contributed by atoms with van der Waals surface area (Å²) in [5.74, 6) is 0. The van der Waals surface area contributed by atoms with Crippen molar-refractivity contribution in [1.82, 2.24) is 9.55 Å². The van der Waals surface area contributed by atoms with E-state index in [1.54, 1.807) is 0 Å². The van der Waals surface area contributed by atoms with Gasteiger partial charge in [0.1, 0.15) is 12.3 Å². The molecule has 1 aromatic rings. The number of aromatic nitrogens is 2. The zero-order valence-corrected chi connectivity index (χ0v) is 10.2. The first kappa shape index (κ1) is 13.9. The van der Waals surface area contributed by atoms with E-state index in [0.29, 0.717) is 0 Å². The van der Waals surface area contributed by atoms with E-state index in [1.807, 2.05) is 0 Å². The van der Waals surface area contributed by atoms with Gasteiger partial charge in [0.2, 0.25) is 0 Å². The summed E-state index contributed by atoms with van der Waals surface area (Å²) >= 11 is 0. The Hall–Kier alpha value is -1.48. The van der Waals surface area contributed by atoms with E-state index >= 15 is 0 Å². The molecule has 106 valence electrons. The van der Waals surface area contributed by atoms with Crippen LogP contribution in [0.4, 0.5) is 0 Å². The van der Waals surface area contributed by atoms with E-state index in [4.69, 9.17) is 14.9 Å². The van der Waals surface area contributed by atoms with Crippen LogP contribution in [0.1, 0.15) is 18.2 Å². The summed E-state index contributed by atoms with van der Waals surface area (Å²) in [5.41, 5.74) is -0.942. The maximum atomic E-state index is 11.7. The van der Waals surface area contributed by atoms with Gasteiger partial charge in [-0.15, -0.1) is 0 Å². The van der Waals surface area contributed by atoms with Crippen molar-refractivity contribution >= 4 is 0 Å². The van der Waals surface area contributed by atoms with Crippen molar-refractivity contribution in [2.24, 2.45) is 0 Å². The Kier molecular flexibility index (Phi) is 4.15. The minimum atomic E-state index is -0.866. The van der Waals surface area contributed by atoms with Gasteiger partial charge in [-0.25, -0.2) is 4.79 Å². The lowest BCUT2D eigenvalue weighted by Crippen LogP contribution is -2.34. The van der Waals surface area contributed by atoms with Gasteiger partial charge in [-0.3, -0.25) is 14.3 Å². The van der Waals surface area contributed by atoms with Crippen molar-refractivity contribution < 1.29 is 20.1 Å². The molecule has 2 rings (SSSR count). The van der Waals surface area contributed by atoms with Gasteiger partial charge in [0, 0.05) is 31.2 Å². The molecule has 8 heteroatoms. The topological polar surface area (TPSA) is 125 Å². The first-order valence-corrected chi connectivity index (χ1v) is 5.96. The van der Waals surface area contributed by atoms with Crippen LogP contribution in [-0.2, 0) is 11.2 Å². The van der Waals surface area contributed by atoms with Crippen LogP contribution in [-0.4, -0.2) is 50.3 Å². The summed E-state index contributed by atoms with van der Waals surface area (Å²) in [7, 11) is 0. The van der Waals surface area contributed by atoms with Gasteiger partial charge in [-0.05, 0) is 0 Å². The van der Waals surface area contributed by atoms with Crippen LogP contribution in [0.25, 0.3) is 0 Å². The molecular formula is C11H16N2O6. The third-order valence-electron chi connectivity index (χ3n) is 3.12.